The van der Waals surface area contributed by atoms with E-state index < -0.39 is 0 Å². The average Bonchev–Trinajstić information content (AvgIpc) is 2.84. The lowest BCUT2D eigenvalue weighted by Gasteiger charge is -2.45. The smallest absolute Gasteiger partial charge is 0.191 e. The van der Waals surface area contributed by atoms with E-state index in [1.807, 2.05) is 7.05 Å². The van der Waals surface area contributed by atoms with E-state index >= 15 is 0 Å². The quantitative estimate of drug-likeness (QED) is 0.372. The van der Waals surface area contributed by atoms with Crippen molar-refractivity contribution in [2.45, 2.75) is 60.0 Å². The molecule has 0 aliphatic carbocycles. The van der Waals surface area contributed by atoms with E-state index in [1.54, 1.807) is 11.3 Å². The van der Waals surface area contributed by atoms with E-state index in [9.17, 15) is 0 Å². The van der Waals surface area contributed by atoms with E-state index in [4.69, 9.17) is 0 Å². The second-order valence-corrected chi connectivity index (χ2v) is 9.47. The standard InChI is InChI=1S/C19H35N5S.HI/c1-13-8-14(2)11-24(10-13)19(5,6)12-22-18(20-7)21-9-17-15(3)23-16(4)25-17;/h13-14H,8-12H2,1-7H3,(H2,20,21,22);1H. The number of piperidine rings is 1. The third-order valence-corrected chi connectivity index (χ3v) is 6.13. The van der Waals surface area contributed by atoms with Crippen LogP contribution in [0.5, 0.6) is 0 Å². The molecule has 0 spiro atoms. The van der Waals surface area contributed by atoms with Crippen LogP contribution in [-0.2, 0) is 6.54 Å². The molecule has 2 unspecified atom stereocenters. The number of hydrogen-bond acceptors (Lipinski definition) is 4. The maximum atomic E-state index is 4.49. The number of guanidine groups is 1. The number of halogens is 1. The SMILES string of the molecule is CN=C(NCc1sc(C)nc1C)NCC(C)(C)N1CC(C)CC(C)C1.I. The molecular weight excluding hydrogens is 457 g/mol. The number of nitrogens with one attached hydrogen (secondary N) is 2. The molecule has 2 rings (SSSR count). The van der Waals surface area contributed by atoms with Crippen LogP contribution in [0.3, 0.4) is 0 Å². The Hall–Kier alpha value is -0.410. The van der Waals surface area contributed by atoms with Crippen LogP contribution in [0.15, 0.2) is 4.99 Å². The molecule has 2 atom stereocenters. The van der Waals surface area contributed by atoms with Crippen LogP contribution in [0.25, 0.3) is 0 Å². The fraction of sp³-hybridized carbons (Fsp3) is 0.789. The molecule has 2 N–H and O–H groups in total. The first kappa shape index (κ1) is 23.6. The highest BCUT2D eigenvalue weighted by Gasteiger charge is 2.32. The van der Waals surface area contributed by atoms with Gasteiger partial charge in [-0.25, -0.2) is 4.98 Å². The second-order valence-electron chi connectivity index (χ2n) is 8.18. The Kier molecular flexibility index (Phi) is 9.29. The van der Waals surface area contributed by atoms with Crippen LogP contribution < -0.4 is 10.6 Å². The number of hydrogen-bond donors (Lipinski definition) is 2. The molecule has 1 aliphatic rings. The third-order valence-electron chi connectivity index (χ3n) is 5.05. The van der Waals surface area contributed by atoms with Gasteiger partial charge in [-0.3, -0.25) is 9.89 Å². The number of nitrogens with zero attached hydrogens (tertiary/aromatic N) is 3. The van der Waals surface area contributed by atoms with Gasteiger partial charge in [-0.1, -0.05) is 13.8 Å². The van der Waals surface area contributed by atoms with Gasteiger partial charge in [0.05, 0.1) is 17.2 Å². The van der Waals surface area contributed by atoms with Crippen LogP contribution in [0, 0.1) is 25.7 Å². The second kappa shape index (κ2) is 10.2. The zero-order valence-corrected chi connectivity index (χ0v) is 20.5. The van der Waals surface area contributed by atoms with Gasteiger partial charge in [0.15, 0.2) is 5.96 Å². The highest BCUT2D eigenvalue weighted by atomic mass is 127. The topological polar surface area (TPSA) is 52.6 Å². The van der Waals surface area contributed by atoms with E-state index in [1.165, 1.54) is 24.4 Å². The maximum Gasteiger partial charge on any atom is 0.191 e. The molecule has 1 aromatic rings. The summed E-state index contributed by atoms with van der Waals surface area (Å²) in [5.74, 6) is 2.41. The van der Waals surface area contributed by atoms with Crippen LogP contribution in [0.1, 0.15) is 49.7 Å². The average molecular weight is 494 g/mol. The predicted octanol–water partition coefficient (Wildman–Crippen LogP) is 3.80. The molecule has 0 bridgehead atoms. The summed E-state index contributed by atoms with van der Waals surface area (Å²) in [7, 11) is 1.83. The monoisotopic (exact) mass is 493 g/mol. The first-order valence-corrected chi connectivity index (χ1v) is 10.2. The molecule has 7 heteroatoms. The summed E-state index contributed by atoms with van der Waals surface area (Å²) in [6.45, 7) is 17.5. The zero-order valence-electron chi connectivity index (χ0n) is 17.3. The first-order valence-electron chi connectivity index (χ1n) is 9.33. The third kappa shape index (κ3) is 6.64. The number of aliphatic imine (C=N–C) groups is 1. The number of aromatic nitrogens is 1. The van der Waals surface area contributed by atoms with Crippen molar-refractivity contribution in [3.05, 3.63) is 15.6 Å². The highest BCUT2D eigenvalue weighted by Crippen LogP contribution is 2.26. The number of rotatable bonds is 5. The van der Waals surface area contributed by atoms with Gasteiger partial charge in [0.1, 0.15) is 0 Å². The van der Waals surface area contributed by atoms with Gasteiger partial charge in [0.2, 0.25) is 0 Å². The van der Waals surface area contributed by atoms with Crippen LogP contribution >= 0.6 is 35.3 Å². The Morgan fingerprint density at radius 2 is 1.85 bits per heavy atom. The number of likely N-dealkylation sites (tertiary alicyclic amines) is 1. The van der Waals surface area contributed by atoms with Gasteiger partial charge >= 0.3 is 0 Å². The lowest BCUT2D eigenvalue weighted by Crippen LogP contribution is -2.57. The molecule has 1 aliphatic heterocycles. The molecule has 5 nitrogen and oxygen atoms in total. The van der Waals surface area contributed by atoms with Crippen molar-refractivity contribution >= 4 is 41.3 Å². The summed E-state index contributed by atoms with van der Waals surface area (Å²) in [6.07, 6.45) is 1.34. The number of aryl methyl sites for hydroxylation is 2. The van der Waals surface area contributed by atoms with Crippen LogP contribution in [0.2, 0.25) is 0 Å². The van der Waals surface area contributed by atoms with Crippen molar-refractivity contribution in [3.8, 4) is 0 Å². The van der Waals surface area contributed by atoms with Crippen LogP contribution in [0.4, 0.5) is 0 Å². The van der Waals surface area contributed by atoms with Gasteiger partial charge < -0.3 is 10.6 Å². The first-order chi connectivity index (χ1) is 11.7. The molecule has 1 saturated heterocycles. The molecule has 2 heterocycles. The summed E-state index contributed by atoms with van der Waals surface area (Å²) < 4.78 is 0. The fourth-order valence-electron chi connectivity index (χ4n) is 3.69. The molecule has 0 radical (unpaired) electrons. The van der Waals surface area contributed by atoms with Crippen molar-refractivity contribution in [2.24, 2.45) is 16.8 Å². The van der Waals surface area contributed by atoms with Gasteiger partial charge in [-0.05, 0) is 46.0 Å². The van der Waals surface area contributed by atoms with Gasteiger partial charge in [-0.2, -0.15) is 0 Å². The zero-order chi connectivity index (χ0) is 18.6. The van der Waals surface area contributed by atoms with E-state index in [0.29, 0.717) is 0 Å². The molecule has 0 aromatic carbocycles. The highest BCUT2D eigenvalue weighted by molar-refractivity contribution is 14.0. The normalized spacial score (nSPS) is 22.0. The minimum absolute atomic E-state index is 0. The largest absolute Gasteiger partial charge is 0.355 e. The van der Waals surface area contributed by atoms with Gasteiger partial charge in [0, 0.05) is 37.1 Å². The lowest BCUT2D eigenvalue weighted by molar-refractivity contribution is 0.0483. The summed E-state index contributed by atoms with van der Waals surface area (Å²) >= 11 is 1.75. The summed E-state index contributed by atoms with van der Waals surface area (Å²) in [5.41, 5.74) is 1.22. The fourth-order valence-corrected chi connectivity index (χ4v) is 4.57. The Morgan fingerprint density at radius 3 is 2.35 bits per heavy atom. The summed E-state index contributed by atoms with van der Waals surface area (Å²) in [6, 6.07) is 0. The van der Waals surface area contributed by atoms with Crippen molar-refractivity contribution in [3.63, 3.8) is 0 Å². The Bertz CT molecular complexity index is 589. The maximum absolute atomic E-state index is 4.49. The minimum atomic E-state index is 0. The minimum Gasteiger partial charge on any atom is -0.355 e. The van der Waals surface area contributed by atoms with Crippen molar-refractivity contribution in [1.82, 2.24) is 20.5 Å². The van der Waals surface area contributed by atoms with Crippen molar-refractivity contribution < 1.29 is 0 Å². The molecule has 0 amide bonds. The van der Waals surface area contributed by atoms with Gasteiger partial charge in [0.25, 0.3) is 0 Å². The van der Waals surface area contributed by atoms with E-state index in [-0.39, 0.29) is 29.5 Å². The van der Waals surface area contributed by atoms with E-state index in [0.717, 1.165) is 41.6 Å². The Morgan fingerprint density at radius 1 is 1.23 bits per heavy atom. The van der Waals surface area contributed by atoms with Crippen molar-refractivity contribution in [2.75, 3.05) is 26.7 Å². The molecule has 0 saturated carbocycles. The predicted molar refractivity (Wildman–Crippen MR) is 124 cm³/mol. The lowest BCUT2D eigenvalue weighted by atomic mass is 9.88. The molecule has 150 valence electrons. The Labute approximate surface area is 180 Å². The number of thiazole rings is 1. The molecular formula is C19H36IN5S. The summed E-state index contributed by atoms with van der Waals surface area (Å²) in [4.78, 5) is 12.8. The van der Waals surface area contributed by atoms with E-state index in [2.05, 4.69) is 67.1 Å². The van der Waals surface area contributed by atoms with Crippen molar-refractivity contribution in [1.29, 1.82) is 0 Å². The van der Waals surface area contributed by atoms with Crippen LogP contribution in [-0.4, -0.2) is 48.1 Å². The Balaban J connectivity index is 0.00000338. The molecule has 1 aromatic heterocycles. The molecule has 1 fully saturated rings. The van der Waals surface area contributed by atoms with Gasteiger partial charge in [-0.15, -0.1) is 35.3 Å². The molecule has 26 heavy (non-hydrogen) atoms. The summed E-state index contributed by atoms with van der Waals surface area (Å²) in [5, 5.41) is 8.06.